The molecule has 0 bridgehead atoms. The molecule has 2 aromatic heterocycles. The molecule has 4 aromatic rings. The molecule has 0 saturated carbocycles. The van der Waals surface area contributed by atoms with Gasteiger partial charge >= 0.3 is 0 Å². The Morgan fingerprint density at radius 2 is 1.77 bits per heavy atom. The Hall–Kier alpha value is -4.09. The molecule has 6 rings (SSSR count). The van der Waals surface area contributed by atoms with Crippen LogP contribution in [0.4, 0.5) is 13.2 Å². The summed E-state index contributed by atoms with van der Waals surface area (Å²) in [6, 6.07) is 11.9. The number of halogens is 3. The van der Waals surface area contributed by atoms with E-state index in [1.165, 1.54) is 24.4 Å². The smallest absolute Gasteiger partial charge is 0.243 e. The summed E-state index contributed by atoms with van der Waals surface area (Å²) in [4.78, 5) is 17.6. The van der Waals surface area contributed by atoms with Gasteiger partial charge in [-0.3, -0.25) is 9.78 Å². The van der Waals surface area contributed by atoms with Crippen molar-refractivity contribution < 1.29 is 26.4 Å². The Kier molecular flexibility index (Phi) is 6.19. The number of benzene rings is 2. The first-order valence-electron chi connectivity index (χ1n) is 12.2. The molecule has 1 aliphatic heterocycles. The van der Waals surface area contributed by atoms with Crippen molar-refractivity contribution in [1.29, 1.82) is 0 Å². The molecule has 11 heteroatoms. The van der Waals surface area contributed by atoms with Crippen LogP contribution < -0.4 is 0 Å². The van der Waals surface area contributed by atoms with Crippen molar-refractivity contribution in [1.82, 2.24) is 19.1 Å². The number of carbonyl (C=O) groups is 1. The second-order valence-corrected chi connectivity index (χ2v) is 11.3. The molecule has 0 radical (unpaired) electrons. The first-order valence-corrected chi connectivity index (χ1v) is 13.6. The number of nitrogens with zero attached hydrogens (tertiary/aromatic N) is 4. The molecule has 0 spiro atoms. The van der Waals surface area contributed by atoms with E-state index in [1.54, 1.807) is 35.1 Å². The Balaban J connectivity index is 1.43. The Morgan fingerprint density at radius 1 is 0.974 bits per heavy atom. The molecule has 39 heavy (non-hydrogen) atoms. The number of hydrogen-bond donors (Lipinski definition) is 0. The van der Waals surface area contributed by atoms with E-state index in [0.29, 0.717) is 24.6 Å². The largest absolute Gasteiger partial charge is 0.291 e. The van der Waals surface area contributed by atoms with Crippen molar-refractivity contribution in [2.24, 2.45) is 5.92 Å². The maximum Gasteiger partial charge on any atom is 0.243 e. The lowest BCUT2D eigenvalue weighted by Crippen LogP contribution is -2.54. The number of rotatable bonds is 5. The fourth-order valence-corrected chi connectivity index (χ4v) is 6.95. The maximum atomic E-state index is 14.0. The van der Waals surface area contributed by atoms with Crippen molar-refractivity contribution in [2.45, 2.75) is 23.8 Å². The summed E-state index contributed by atoms with van der Waals surface area (Å²) in [5.74, 6) is -3.86. The first kappa shape index (κ1) is 25.2. The third-order valence-corrected chi connectivity index (χ3v) is 9.07. The van der Waals surface area contributed by atoms with Crippen LogP contribution in [0.3, 0.4) is 0 Å². The Labute approximate surface area is 222 Å². The lowest BCUT2D eigenvalue weighted by Gasteiger charge is -2.42. The van der Waals surface area contributed by atoms with Gasteiger partial charge in [-0.15, -0.1) is 0 Å². The van der Waals surface area contributed by atoms with Crippen molar-refractivity contribution in [3.8, 4) is 5.69 Å². The quantitative estimate of drug-likeness (QED) is 0.340. The number of sulfonamides is 1. The lowest BCUT2D eigenvalue weighted by molar-refractivity contribution is 0.0821. The van der Waals surface area contributed by atoms with Crippen molar-refractivity contribution >= 4 is 21.9 Å². The highest BCUT2D eigenvalue weighted by Gasteiger charge is 2.47. The minimum absolute atomic E-state index is 0.0487. The molecular weight excluding hydrogens is 529 g/mol. The summed E-state index contributed by atoms with van der Waals surface area (Å²) >= 11 is 0. The summed E-state index contributed by atoms with van der Waals surface area (Å²) in [6.45, 7) is -0.0487. The van der Waals surface area contributed by atoms with Crippen molar-refractivity contribution in [3.63, 3.8) is 0 Å². The number of piperidine rings is 1. The minimum Gasteiger partial charge on any atom is -0.291 e. The van der Waals surface area contributed by atoms with Crippen LogP contribution in [0.1, 0.15) is 28.2 Å². The van der Waals surface area contributed by atoms with Crippen LogP contribution in [0.15, 0.2) is 83.5 Å². The van der Waals surface area contributed by atoms with Gasteiger partial charge in [0.05, 0.1) is 28.5 Å². The number of hydrogen-bond acceptors (Lipinski definition) is 5. The van der Waals surface area contributed by atoms with E-state index in [-0.39, 0.29) is 18.1 Å². The maximum absolute atomic E-state index is 14.0. The predicted molar refractivity (Wildman–Crippen MR) is 136 cm³/mol. The van der Waals surface area contributed by atoms with Gasteiger partial charge in [-0.2, -0.15) is 9.40 Å². The van der Waals surface area contributed by atoms with Crippen LogP contribution in [0.5, 0.6) is 0 Å². The van der Waals surface area contributed by atoms with Crippen LogP contribution in [0, 0.1) is 23.4 Å². The standard InChI is InChI=1S/C28H21F3N4O3S/c29-19-4-6-20(7-5-19)35-26-14-17-10-12-34(39(37,38)21-8-9-23(30)24(31)15-21)27(22(17)13-18(26)16-33-35)28(36)25-3-1-2-11-32-25/h1-9,11,14-16,22,27H,10,12-13H2/t22?,27-/m0/s1. The number of carbonyl (C=O) groups excluding carboxylic acids is 1. The van der Waals surface area contributed by atoms with Crippen LogP contribution in [-0.2, 0) is 16.4 Å². The van der Waals surface area contributed by atoms with E-state index < -0.39 is 44.3 Å². The first-order chi connectivity index (χ1) is 18.7. The molecule has 2 aromatic carbocycles. The molecule has 198 valence electrons. The van der Waals surface area contributed by atoms with Crippen LogP contribution in [0.2, 0.25) is 0 Å². The van der Waals surface area contributed by atoms with Gasteiger partial charge < -0.3 is 0 Å². The number of ketones is 1. The fraction of sp³-hybridized carbons (Fsp3) is 0.179. The Bertz CT molecular complexity index is 1720. The monoisotopic (exact) mass is 550 g/mol. The number of Topliss-reactive ketones (excluding diaryl/α,β-unsaturated/α-hetero) is 1. The van der Waals surface area contributed by atoms with Gasteiger partial charge in [0.1, 0.15) is 11.5 Å². The summed E-state index contributed by atoms with van der Waals surface area (Å²) in [6.07, 6.45) is 5.63. The number of aromatic nitrogens is 3. The molecule has 1 unspecified atom stereocenters. The average molecular weight is 551 g/mol. The SMILES string of the molecule is O=C(c1ccccn1)[C@@H]1C2Cc3cnn(-c4ccc(F)cc4)c3C=C2CCN1S(=O)(=O)c1ccc(F)c(F)c1. The van der Waals surface area contributed by atoms with Gasteiger partial charge in [-0.05, 0) is 79.1 Å². The predicted octanol–water partition coefficient (Wildman–Crippen LogP) is 4.59. The van der Waals surface area contributed by atoms with Crippen LogP contribution in [0.25, 0.3) is 11.8 Å². The molecular formula is C28H21F3N4O3S. The fourth-order valence-electron chi connectivity index (χ4n) is 5.31. The van der Waals surface area contributed by atoms with E-state index in [1.807, 2.05) is 6.08 Å². The van der Waals surface area contributed by atoms with Gasteiger partial charge in [-0.25, -0.2) is 26.3 Å². The molecule has 1 aliphatic carbocycles. The normalized spacial score (nSPS) is 19.2. The van der Waals surface area contributed by atoms with Gasteiger partial charge in [0.2, 0.25) is 10.0 Å². The number of pyridine rings is 1. The summed E-state index contributed by atoms with van der Waals surface area (Å²) in [7, 11) is -4.38. The van der Waals surface area contributed by atoms with Gasteiger partial charge in [0, 0.05) is 18.7 Å². The Morgan fingerprint density at radius 3 is 2.49 bits per heavy atom. The van der Waals surface area contributed by atoms with E-state index in [9.17, 15) is 26.4 Å². The molecule has 7 nitrogen and oxygen atoms in total. The van der Waals surface area contributed by atoms with Crippen LogP contribution >= 0.6 is 0 Å². The molecule has 0 amide bonds. The average Bonchev–Trinajstić information content (AvgIpc) is 3.35. The number of fused-ring (bicyclic) bond motifs is 2. The van der Waals surface area contributed by atoms with E-state index in [4.69, 9.17) is 0 Å². The molecule has 3 heterocycles. The molecule has 2 atom stereocenters. The van der Waals surface area contributed by atoms with E-state index in [0.717, 1.165) is 33.3 Å². The molecule has 1 saturated heterocycles. The minimum atomic E-state index is -4.38. The second kappa shape index (κ2) is 9.58. The highest BCUT2D eigenvalue weighted by molar-refractivity contribution is 7.89. The summed E-state index contributed by atoms with van der Waals surface area (Å²) in [5.41, 5.74) is 3.18. The second-order valence-electron chi connectivity index (χ2n) is 9.44. The van der Waals surface area contributed by atoms with Crippen molar-refractivity contribution in [2.75, 3.05) is 6.54 Å². The summed E-state index contributed by atoms with van der Waals surface area (Å²) in [5, 5.41) is 4.46. The van der Waals surface area contributed by atoms with Gasteiger partial charge in [0.25, 0.3) is 0 Å². The van der Waals surface area contributed by atoms with Crippen molar-refractivity contribution in [3.05, 3.63) is 113 Å². The third-order valence-electron chi connectivity index (χ3n) is 7.19. The topological polar surface area (TPSA) is 85.2 Å². The zero-order valence-electron chi connectivity index (χ0n) is 20.3. The van der Waals surface area contributed by atoms with Crippen LogP contribution in [-0.4, -0.2) is 45.9 Å². The zero-order valence-corrected chi connectivity index (χ0v) is 21.2. The highest BCUT2D eigenvalue weighted by atomic mass is 32.2. The zero-order chi connectivity index (χ0) is 27.3. The van der Waals surface area contributed by atoms with E-state index in [2.05, 4.69) is 10.1 Å². The lowest BCUT2D eigenvalue weighted by atomic mass is 9.76. The van der Waals surface area contributed by atoms with Gasteiger partial charge in [0.15, 0.2) is 17.4 Å². The highest BCUT2D eigenvalue weighted by Crippen LogP contribution is 2.41. The third kappa shape index (κ3) is 4.37. The summed E-state index contributed by atoms with van der Waals surface area (Å²) < 4.78 is 71.3. The van der Waals surface area contributed by atoms with Gasteiger partial charge in [-0.1, -0.05) is 11.6 Å². The molecule has 2 aliphatic rings. The molecule has 1 fully saturated rings. The van der Waals surface area contributed by atoms with E-state index >= 15 is 0 Å². The molecule has 0 N–H and O–H groups in total.